The van der Waals surface area contributed by atoms with Gasteiger partial charge in [0, 0.05) is 29.6 Å². The van der Waals surface area contributed by atoms with Crippen molar-refractivity contribution < 1.29 is 9.22 Å². The second-order valence-electron chi connectivity index (χ2n) is 17.2. The minimum Gasteiger partial charge on any atom is -0.543 e. The Morgan fingerprint density at radius 1 is 0.957 bits per heavy atom. The summed E-state index contributed by atoms with van der Waals surface area (Å²) in [4.78, 5) is 19.3. The third-order valence-corrected chi connectivity index (χ3v) is 18.4. The Balaban J connectivity index is 1.14. The normalized spacial score (nSPS) is 31.0. The van der Waals surface area contributed by atoms with Crippen LogP contribution in [0.15, 0.2) is 78.9 Å². The van der Waals surface area contributed by atoms with Crippen LogP contribution in [0.3, 0.4) is 0 Å². The molecule has 4 bridgehead atoms. The second kappa shape index (κ2) is 11.3. The van der Waals surface area contributed by atoms with Crippen LogP contribution in [-0.4, -0.2) is 55.7 Å². The molecule has 248 valence electrons. The van der Waals surface area contributed by atoms with Gasteiger partial charge in [-0.15, -0.1) is 0 Å². The van der Waals surface area contributed by atoms with E-state index in [4.69, 9.17) is 4.43 Å². The smallest absolute Gasteiger partial charge is 0.254 e. The number of unbranched alkanes of at least 4 members (excludes halogenated alkanes) is 1. The van der Waals surface area contributed by atoms with Crippen LogP contribution in [0, 0.1) is 17.3 Å². The molecule has 0 radical (unpaired) electrons. The molecule has 6 atom stereocenters. The molecule has 47 heavy (non-hydrogen) atoms. The summed E-state index contributed by atoms with van der Waals surface area (Å²) in [5.74, 6) is 2.43. The number of piperidine rings is 1. The van der Waals surface area contributed by atoms with Gasteiger partial charge in [0.25, 0.3) is 5.91 Å². The van der Waals surface area contributed by atoms with Gasteiger partial charge in [-0.05, 0) is 141 Å². The van der Waals surface area contributed by atoms with E-state index >= 15 is 0 Å². The maximum atomic E-state index is 14.0. The number of carbonyl (C=O) groups excluding carboxylic acids is 1. The van der Waals surface area contributed by atoms with E-state index in [1.54, 1.807) is 11.1 Å². The molecule has 1 amide bonds. The number of carbonyl (C=O) groups is 1. The van der Waals surface area contributed by atoms with Crippen molar-refractivity contribution in [2.45, 2.75) is 108 Å². The van der Waals surface area contributed by atoms with Gasteiger partial charge in [-0.3, -0.25) is 9.69 Å². The summed E-state index contributed by atoms with van der Waals surface area (Å²) in [6.45, 7) is 15.1. The quantitative estimate of drug-likeness (QED) is 0.181. The minimum absolute atomic E-state index is 0.123. The fourth-order valence-corrected chi connectivity index (χ4v) is 12.2. The average Bonchev–Trinajstić information content (AvgIpc) is 3.50. The average molecular weight is 647 g/mol. The molecule has 4 nitrogen and oxygen atoms in total. The van der Waals surface area contributed by atoms with Crippen molar-refractivity contribution in [2.75, 3.05) is 19.6 Å². The maximum Gasteiger partial charge on any atom is 0.254 e. The van der Waals surface area contributed by atoms with Gasteiger partial charge in [0.05, 0.1) is 0 Å². The number of aryl methyl sites for hydroxylation is 1. The molecule has 5 heteroatoms. The maximum absolute atomic E-state index is 14.0. The molecule has 3 aromatic rings. The van der Waals surface area contributed by atoms with Crippen molar-refractivity contribution in [2.24, 2.45) is 17.3 Å². The highest BCUT2D eigenvalue weighted by molar-refractivity contribution is 6.74. The van der Waals surface area contributed by atoms with Gasteiger partial charge in [0.2, 0.25) is 8.32 Å². The lowest BCUT2D eigenvalue weighted by molar-refractivity contribution is -0.101. The lowest BCUT2D eigenvalue weighted by atomic mass is 9.43. The van der Waals surface area contributed by atoms with Crippen LogP contribution < -0.4 is 4.43 Å². The van der Waals surface area contributed by atoms with Crippen LogP contribution in [0.2, 0.25) is 18.1 Å². The Kier molecular flexibility index (Phi) is 7.57. The summed E-state index contributed by atoms with van der Waals surface area (Å²) in [5.41, 5.74) is 5.87. The first kappa shape index (κ1) is 31.4. The molecule has 0 spiro atoms. The summed E-state index contributed by atoms with van der Waals surface area (Å²) in [7, 11) is -1.98. The molecule has 4 fully saturated rings. The Morgan fingerprint density at radius 3 is 2.45 bits per heavy atom. The molecule has 2 saturated heterocycles. The van der Waals surface area contributed by atoms with Crippen LogP contribution in [0.5, 0.6) is 5.75 Å². The highest BCUT2D eigenvalue weighted by Gasteiger charge is 2.76. The molecule has 2 aliphatic heterocycles. The first-order valence-electron chi connectivity index (χ1n) is 18.5. The molecule has 2 saturated carbocycles. The fourth-order valence-electron chi connectivity index (χ4n) is 11.1. The number of likely N-dealkylation sites (tertiary alicyclic amines) is 2. The number of hydrogen-bond acceptors (Lipinski definition) is 3. The third kappa shape index (κ3) is 4.81. The van der Waals surface area contributed by atoms with Crippen LogP contribution in [0.25, 0.3) is 0 Å². The van der Waals surface area contributed by atoms with E-state index in [9.17, 15) is 4.79 Å². The number of hydrogen-bond donors (Lipinski definition) is 0. The lowest BCUT2D eigenvalue weighted by Crippen LogP contribution is -2.69. The van der Waals surface area contributed by atoms with E-state index in [-0.39, 0.29) is 16.4 Å². The monoisotopic (exact) mass is 646 g/mol. The molecule has 8 rings (SSSR count). The highest BCUT2D eigenvalue weighted by Crippen LogP contribution is 2.75. The van der Waals surface area contributed by atoms with Gasteiger partial charge in [-0.1, -0.05) is 75.4 Å². The predicted molar refractivity (Wildman–Crippen MR) is 194 cm³/mol. The number of nitrogens with zero attached hydrogens (tertiary/aromatic N) is 2. The Labute approximate surface area is 284 Å². The number of amides is 1. The number of benzene rings is 3. The summed E-state index contributed by atoms with van der Waals surface area (Å²) >= 11 is 0. The fraction of sp³-hybridized carbons (Fsp3) is 0.548. The summed E-state index contributed by atoms with van der Waals surface area (Å²) in [5, 5.41) is 0.153. The second-order valence-corrected chi connectivity index (χ2v) is 21.9. The summed E-state index contributed by atoms with van der Waals surface area (Å²) in [6.07, 6.45) is 9.71. The van der Waals surface area contributed by atoms with Crippen LogP contribution in [0.1, 0.15) is 86.3 Å². The van der Waals surface area contributed by atoms with Crippen LogP contribution in [-0.2, 0) is 18.3 Å². The molecule has 5 aliphatic rings. The van der Waals surface area contributed by atoms with Crippen LogP contribution in [0.4, 0.5) is 0 Å². The van der Waals surface area contributed by atoms with E-state index in [0.29, 0.717) is 29.3 Å². The Morgan fingerprint density at radius 2 is 1.70 bits per heavy atom. The SMILES string of the molecule is CC(C)(C)[Si](C)(C)Oc1ccc2c(c1)C13CCN(CCCCc4ccccc4)C(C2)C12CCC1C3[C@@H](CN1C(=O)c1ccccc1)C2. The zero-order chi connectivity index (χ0) is 32.6. The van der Waals surface area contributed by atoms with E-state index in [0.717, 1.165) is 30.7 Å². The van der Waals surface area contributed by atoms with Crippen molar-refractivity contribution in [3.05, 3.63) is 101 Å². The zero-order valence-electron chi connectivity index (χ0n) is 29.3. The first-order valence-corrected chi connectivity index (χ1v) is 21.4. The lowest BCUT2D eigenvalue weighted by Gasteiger charge is -2.66. The molecule has 5 unspecified atom stereocenters. The van der Waals surface area contributed by atoms with Crippen molar-refractivity contribution in [3.63, 3.8) is 0 Å². The third-order valence-electron chi connectivity index (χ3n) is 14.0. The van der Waals surface area contributed by atoms with Crippen LogP contribution >= 0.6 is 0 Å². The molecular weight excluding hydrogens is 593 g/mol. The molecule has 2 heterocycles. The molecule has 0 N–H and O–H groups in total. The standard InChI is InChI=1S/C42H54N2O2Si/c1-40(2,3)47(4,5)46-34-20-19-32-26-37-41-22-21-36-38(33(28-41)29-44(36)39(45)31-17-10-7-11-18-31)42(41,35(32)27-34)23-25-43(37)24-13-12-16-30-14-8-6-9-15-30/h6-11,14-15,17-20,27,33,36-38H,12-13,16,21-26,28-29H2,1-5H3/t33-,36?,37?,38?,41?,42?/m1/s1. The predicted octanol–water partition coefficient (Wildman–Crippen LogP) is 8.90. The van der Waals surface area contributed by atoms with E-state index in [1.165, 1.54) is 57.2 Å². The molecular formula is C42H54N2O2Si. The van der Waals surface area contributed by atoms with E-state index in [1.807, 2.05) is 30.3 Å². The van der Waals surface area contributed by atoms with Crippen molar-refractivity contribution in [1.82, 2.24) is 9.80 Å². The van der Waals surface area contributed by atoms with Gasteiger partial charge in [0.1, 0.15) is 5.75 Å². The van der Waals surface area contributed by atoms with E-state index in [2.05, 4.69) is 92.2 Å². The van der Waals surface area contributed by atoms with Crippen molar-refractivity contribution in [1.29, 1.82) is 0 Å². The van der Waals surface area contributed by atoms with Crippen molar-refractivity contribution in [3.8, 4) is 5.75 Å². The van der Waals surface area contributed by atoms with Gasteiger partial charge in [0.15, 0.2) is 0 Å². The Bertz CT molecular complexity index is 1630. The van der Waals surface area contributed by atoms with E-state index < -0.39 is 8.32 Å². The first-order chi connectivity index (χ1) is 22.5. The number of rotatable bonds is 8. The van der Waals surface area contributed by atoms with Gasteiger partial charge in [-0.25, -0.2) is 0 Å². The topological polar surface area (TPSA) is 32.8 Å². The number of fused-ring (bicyclic) bond motifs is 1. The Hall–Kier alpha value is -2.89. The largest absolute Gasteiger partial charge is 0.543 e. The molecule has 0 aromatic heterocycles. The van der Waals surface area contributed by atoms with Gasteiger partial charge < -0.3 is 9.33 Å². The molecule has 3 aliphatic carbocycles. The highest BCUT2D eigenvalue weighted by atomic mass is 28.4. The van der Waals surface area contributed by atoms with Gasteiger partial charge >= 0.3 is 0 Å². The van der Waals surface area contributed by atoms with Crippen molar-refractivity contribution >= 4 is 14.2 Å². The molecule has 3 aromatic carbocycles. The summed E-state index contributed by atoms with van der Waals surface area (Å²) in [6, 6.07) is 29.2. The zero-order valence-corrected chi connectivity index (χ0v) is 30.3. The summed E-state index contributed by atoms with van der Waals surface area (Å²) < 4.78 is 7.01. The van der Waals surface area contributed by atoms with Gasteiger partial charge in [-0.2, -0.15) is 0 Å². The minimum atomic E-state index is -1.98.